The van der Waals surface area contributed by atoms with Crippen LogP contribution in [0.15, 0.2) is 24.3 Å². The predicted octanol–water partition coefficient (Wildman–Crippen LogP) is 3.58. The summed E-state index contributed by atoms with van der Waals surface area (Å²) in [6, 6.07) is 7.41. The molecule has 0 saturated heterocycles. The van der Waals surface area contributed by atoms with E-state index in [-0.39, 0.29) is 17.5 Å². The van der Waals surface area contributed by atoms with Gasteiger partial charge in [-0.1, -0.05) is 6.07 Å². The van der Waals surface area contributed by atoms with E-state index in [1.165, 1.54) is 23.0 Å². The lowest BCUT2D eigenvalue weighted by Crippen LogP contribution is -2.42. The molecule has 0 bridgehead atoms. The van der Waals surface area contributed by atoms with Gasteiger partial charge in [0.1, 0.15) is 0 Å². The molecule has 3 rings (SSSR count). The first-order valence-electron chi connectivity index (χ1n) is 7.02. The molecule has 1 saturated carbocycles. The van der Waals surface area contributed by atoms with Crippen molar-refractivity contribution in [2.45, 2.75) is 45.1 Å². The molecular weight excluding hydrogens is 252 g/mol. The van der Waals surface area contributed by atoms with Crippen LogP contribution in [0.2, 0.25) is 0 Å². The minimum Gasteiger partial charge on any atom is -0.494 e. The summed E-state index contributed by atoms with van der Waals surface area (Å²) in [5.41, 5.74) is 1.70. The average molecular weight is 272 g/mol. The lowest BCUT2D eigenvalue weighted by molar-refractivity contribution is 0.231. The zero-order chi connectivity index (χ0) is 14.5. The van der Waals surface area contributed by atoms with Gasteiger partial charge in [-0.05, 0) is 57.2 Å². The molecule has 4 nitrogen and oxygen atoms in total. The lowest BCUT2D eigenvalue weighted by atomic mass is 10.1. The molecule has 2 aromatic rings. The van der Waals surface area contributed by atoms with Gasteiger partial charge < -0.3 is 10.4 Å². The van der Waals surface area contributed by atoms with E-state index in [2.05, 4.69) is 17.4 Å². The van der Waals surface area contributed by atoms with E-state index in [1.807, 2.05) is 26.8 Å². The fourth-order valence-electron chi connectivity index (χ4n) is 2.48. The van der Waals surface area contributed by atoms with Gasteiger partial charge in [-0.25, -0.2) is 9.36 Å². The first-order valence-corrected chi connectivity index (χ1v) is 7.02. The second kappa shape index (κ2) is 4.27. The number of carbonyl (C=O) groups is 1. The Hall–Kier alpha value is -1.97. The highest BCUT2D eigenvalue weighted by Gasteiger charge is 2.25. The number of carbonyl (C=O) groups excluding carboxylic acids is 1. The third-order valence-corrected chi connectivity index (χ3v) is 3.54. The third kappa shape index (κ3) is 2.38. The summed E-state index contributed by atoms with van der Waals surface area (Å²) >= 11 is 0. The Bertz CT molecular complexity index is 676. The number of amides is 1. The van der Waals surface area contributed by atoms with E-state index in [0.717, 1.165) is 10.9 Å². The Balaban J connectivity index is 2.02. The number of aromatic hydroxyl groups is 1. The molecule has 0 radical (unpaired) electrons. The summed E-state index contributed by atoms with van der Waals surface area (Å²) in [6.07, 6.45) is 2.48. The van der Waals surface area contributed by atoms with Crippen LogP contribution < -0.4 is 5.32 Å². The normalized spacial score (nSPS) is 15.6. The Labute approximate surface area is 118 Å². The molecule has 1 amide bonds. The second-order valence-electron chi connectivity index (χ2n) is 6.61. The maximum absolute atomic E-state index is 12.3. The first kappa shape index (κ1) is 13.0. The van der Waals surface area contributed by atoms with Crippen molar-refractivity contribution in [3.63, 3.8) is 0 Å². The van der Waals surface area contributed by atoms with Gasteiger partial charge in [0, 0.05) is 17.0 Å². The standard InChI is InChI=1S/C16H20N2O2/c1-16(2,3)17-15(20)18-13-7-6-11(10-4-5-10)8-12(13)9-14(18)19/h6-10,19H,4-5H2,1-3H3,(H,17,20). The number of nitrogens with zero attached hydrogens (tertiary/aromatic N) is 1. The molecule has 1 aromatic heterocycles. The molecule has 1 aromatic carbocycles. The van der Waals surface area contributed by atoms with Gasteiger partial charge in [0.2, 0.25) is 0 Å². The fraction of sp³-hybridized carbons (Fsp3) is 0.438. The summed E-state index contributed by atoms with van der Waals surface area (Å²) in [7, 11) is 0. The third-order valence-electron chi connectivity index (χ3n) is 3.54. The van der Waals surface area contributed by atoms with E-state index >= 15 is 0 Å². The summed E-state index contributed by atoms with van der Waals surface area (Å²) in [4.78, 5) is 12.3. The van der Waals surface area contributed by atoms with Gasteiger partial charge in [-0.2, -0.15) is 0 Å². The molecule has 106 valence electrons. The summed E-state index contributed by atoms with van der Waals surface area (Å²) < 4.78 is 1.33. The number of hydrogen-bond donors (Lipinski definition) is 2. The summed E-state index contributed by atoms with van der Waals surface area (Å²) in [5.74, 6) is 0.642. The van der Waals surface area contributed by atoms with Gasteiger partial charge in [-0.15, -0.1) is 0 Å². The van der Waals surface area contributed by atoms with Crippen LogP contribution in [0, 0.1) is 0 Å². The molecular formula is C16H20N2O2. The first-order chi connectivity index (χ1) is 9.35. The Kier molecular flexibility index (Phi) is 2.78. The number of hydrogen-bond acceptors (Lipinski definition) is 2. The van der Waals surface area contributed by atoms with Crippen molar-refractivity contribution >= 4 is 16.9 Å². The average Bonchev–Trinajstić information content (AvgIpc) is 3.08. The molecule has 0 atom stereocenters. The van der Waals surface area contributed by atoms with E-state index in [0.29, 0.717) is 5.92 Å². The van der Waals surface area contributed by atoms with Crippen LogP contribution in [0.5, 0.6) is 5.88 Å². The van der Waals surface area contributed by atoms with E-state index in [4.69, 9.17) is 0 Å². The highest BCUT2D eigenvalue weighted by molar-refractivity contribution is 5.94. The van der Waals surface area contributed by atoms with Crippen molar-refractivity contribution < 1.29 is 9.90 Å². The highest BCUT2D eigenvalue weighted by Crippen LogP contribution is 2.41. The molecule has 0 unspecified atom stereocenters. The van der Waals surface area contributed by atoms with Gasteiger partial charge in [-0.3, -0.25) is 0 Å². The van der Waals surface area contributed by atoms with Crippen LogP contribution >= 0.6 is 0 Å². The number of fused-ring (bicyclic) bond motifs is 1. The van der Waals surface area contributed by atoms with E-state index in [1.54, 1.807) is 6.07 Å². The SMILES string of the molecule is CC(C)(C)NC(=O)n1c(O)cc2cc(C3CC3)ccc21. The minimum absolute atomic E-state index is 0.0188. The Morgan fingerprint density at radius 3 is 2.60 bits per heavy atom. The number of nitrogens with one attached hydrogen (secondary N) is 1. The molecule has 1 fully saturated rings. The molecule has 0 spiro atoms. The molecule has 1 aliphatic carbocycles. The van der Waals surface area contributed by atoms with Gasteiger partial charge in [0.05, 0.1) is 5.52 Å². The van der Waals surface area contributed by atoms with Crippen LogP contribution in [0.3, 0.4) is 0 Å². The van der Waals surface area contributed by atoms with Gasteiger partial charge >= 0.3 is 6.03 Å². The predicted molar refractivity (Wildman–Crippen MR) is 79.3 cm³/mol. The quantitative estimate of drug-likeness (QED) is 0.833. The molecule has 1 aliphatic rings. The minimum atomic E-state index is -0.339. The molecule has 20 heavy (non-hydrogen) atoms. The van der Waals surface area contributed by atoms with Gasteiger partial charge in [0.25, 0.3) is 0 Å². The van der Waals surface area contributed by atoms with Crippen molar-refractivity contribution in [1.29, 1.82) is 0 Å². The van der Waals surface area contributed by atoms with Crippen molar-refractivity contribution in [3.8, 4) is 5.88 Å². The number of aromatic nitrogens is 1. The largest absolute Gasteiger partial charge is 0.494 e. The second-order valence-corrected chi connectivity index (χ2v) is 6.61. The highest BCUT2D eigenvalue weighted by atomic mass is 16.3. The van der Waals surface area contributed by atoms with Gasteiger partial charge in [0.15, 0.2) is 5.88 Å². The van der Waals surface area contributed by atoms with Crippen LogP contribution in [-0.4, -0.2) is 21.2 Å². The molecule has 0 aliphatic heterocycles. The fourth-order valence-corrected chi connectivity index (χ4v) is 2.48. The zero-order valence-corrected chi connectivity index (χ0v) is 12.1. The van der Waals surface area contributed by atoms with Crippen LogP contribution in [0.1, 0.15) is 45.1 Å². The van der Waals surface area contributed by atoms with E-state index in [9.17, 15) is 9.90 Å². The van der Waals surface area contributed by atoms with Crippen molar-refractivity contribution in [1.82, 2.24) is 9.88 Å². The molecule has 4 heteroatoms. The number of benzene rings is 1. The van der Waals surface area contributed by atoms with Crippen LogP contribution in [0.4, 0.5) is 4.79 Å². The smallest absolute Gasteiger partial charge is 0.329 e. The zero-order valence-electron chi connectivity index (χ0n) is 12.1. The summed E-state index contributed by atoms with van der Waals surface area (Å²) in [5, 5.41) is 13.8. The maximum atomic E-state index is 12.3. The monoisotopic (exact) mass is 272 g/mol. The van der Waals surface area contributed by atoms with Crippen molar-refractivity contribution in [2.24, 2.45) is 0 Å². The van der Waals surface area contributed by atoms with Crippen LogP contribution in [0.25, 0.3) is 10.9 Å². The summed E-state index contributed by atoms with van der Waals surface area (Å²) in [6.45, 7) is 5.75. The van der Waals surface area contributed by atoms with Crippen LogP contribution in [-0.2, 0) is 0 Å². The van der Waals surface area contributed by atoms with Crippen molar-refractivity contribution in [2.75, 3.05) is 0 Å². The van der Waals surface area contributed by atoms with Crippen molar-refractivity contribution in [3.05, 3.63) is 29.8 Å². The lowest BCUT2D eigenvalue weighted by Gasteiger charge is -2.21. The number of rotatable bonds is 1. The molecule has 2 N–H and O–H groups in total. The van der Waals surface area contributed by atoms with E-state index < -0.39 is 0 Å². The Morgan fingerprint density at radius 1 is 1.30 bits per heavy atom. The Morgan fingerprint density at radius 2 is 2.00 bits per heavy atom. The maximum Gasteiger partial charge on any atom is 0.329 e. The molecule has 1 heterocycles. The topological polar surface area (TPSA) is 54.3 Å².